The lowest BCUT2D eigenvalue weighted by atomic mass is 9.99. The number of hydrogen-bond donors (Lipinski definition) is 1. The third kappa shape index (κ3) is 3.05. The van der Waals surface area contributed by atoms with Crippen LogP contribution in [0.15, 0.2) is 23.3 Å². The van der Waals surface area contributed by atoms with Crippen LogP contribution in [-0.4, -0.2) is 37.6 Å². The van der Waals surface area contributed by atoms with Gasteiger partial charge in [-0.05, 0) is 43.0 Å². The third-order valence-corrected chi connectivity index (χ3v) is 5.30. The van der Waals surface area contributed by atoms with Crippen molar-refractivity contribution >= 4 is 29.0 Å². The molecule has 0 unspecified atom stereocenters. The molecule has 6 nitrogen and oxygen atoms in total. The van der Waals surface area contributed by atoms with Gasteiger partial charge in [0.05, 0.1) is 5.69 Å². The van der Waals surface area contributed by atoms with Crippen molar-refractivity contribution in [1.82, 2.24) is 24.5 Å². The normalized spacial score (nSPS) is 14.8. The largest absolute Gasteiger partial charge is 0.298 e. The van der Waals surface area contributed by atoms with Crippen molar-refractivity contribution in [2.24, 2.45) is 0 Å². The fourth-order valence-electron chi connectivity index (χ4n) is 3.38. The summed E-state index contributed by atoms with van der Waals surface area (Å²) in [5, 5.41) is 4.20. The zero-order valence-corrected chi connectivity index (χ0v) is 15.2. The molecule has 1 aliphatic heterocycles. The minimum atomic E-state index is -0.0813. The van der Waals surface area contributed by atoms with Gasteiger partial charge in [-0.15, -0.1) is 0 Å². The third-order valence-electron chi connectivity index (χ3n) is 4.74. The maximum absolute atomic E-state index is 12.6. The molecule has 1 N–H and O–H groups in total. The molecule has 3 heterocycles. The zero-order chi connectivity index (χ0) is 17.6. The van der Waals surface area contributed by atoms with Crippen LogP contribution in [-0.2, 0) is 19.4 Å². The number of aromatic amines is 1. The van der Waals surface area contributed by atoms with Crippen LogP contribution in [0.3, 0.4) is 0 Å². The Morgan fingerprint density at radius 3 is 3.00 bits per heavy atom. The van der Waals surface area contributed by atoms with Gasteiger partial charge < -0.3 is 0 Å². The Kier molecular flexibility index (Phi) is 4.27. The Morgan fingerprint density at radius 2 is 2.16 bits per heavy atom. The van der Waals surface area contributed by atoms with Crippen LogP contribution in [0.5, 0.6) is 0 Å². The van der Waals surface area contributed by atoms with Crippen LogP contribution in [0.1, 0.15) is 22.4 Å². The average molecular weight is 378 g/mol. The number of H-pyrrole nitrogens is 1. The van der Waals surface area contributed by atoms with Crippen LogP contribution < -0.4 is 5.56 Å². The van der Waals surface area contributed by atoms with Gasteiger partial charge in [0.15, 0.2) is 0 Å². The minimum Gasteiger partial charge on any atom is -0.298 e. The summed E-state index contributed by atoms with van der Waals surface area (Å²) in [5.74, 6) is 0.404. The summed E-state index contributed by atoms with van der Waals surface area (Å²) in [7, 11) is 0. The van der Waals surface area contributed by atoms with E-state index < -0.39 is 0 Å². The summed E-state index contributed by atoms with van der Waals surface area (Å²) in [5.41, 5.74) is 3.72. The Hall–Kier alpha value is -1.89. The van der Waals surface area contributed by atoms with Gasteiger partial charge in [0.2, 0.25) is 0 Å². The van der Waals surface area contributed by atoms with E-state index in [0.29, 0.717) is 22.2 Å². The van der Waals surface area contributed by atoms with E-state index in [0.717, 1.165) is 42.9 Å². The molecule has 0 fully saturated rings. The van der Waals surface area contributed by atoms with Gasteiger partial charge in [0.25, 0.3) is 11.3 Å². The van der Waals surface area contributed by atoms with Crippen LogP contribution in [0.4, 0.5) is 0 Å². The molecule has 0 aliphatic carbocycles. The van der Waals surface area contributed by atoms with E-state index in [1.807, 2.05) is 13.0 Å². The molecule has 130 valence electrons. The summed E-state index contributed by atoms with van der Waals surface area (Å²) in [6.45, 7) is 4.32. The molecule has 2 aromatic heterocycles. The van der Waals surface area contributed by atoms with Gasteiger partial charge in [0, 0.05) is 35.2 Å². The van der Waals surface area contributed by atoms with Crippen molar-refractivity contribution in [2.45, 2.75) is 26.3 Å². The number of nitrogens with zero attached hydrogens (tertiary/aromatic N) is 4. The molecule has 0 amide bonds. The molecule has 0 bridgehead atoms. The summed E-state index contributed by atoms with van der Waals surface area (Å²) in [6.07, 6.45) is 3.02. The highest BCUT2D eigenvalue weighted by Crippen LogP contribution is 2.29. The first kappa shape index (κ1) is 16.6. The monoisotopic (exact) mass is 377 g/mol. The Bertz CT molecular complexity index is 1010. The molecule has 1 aromatic carbocycles. The van der Waals surface area contributed by atoms with E-state index in [4.69, 9.17) is 23.2 Å². The standard InChI is InChI=1S/C17H17Cl2N5O/c1-10-13(16(25)24-17(22-10)20-9-21-24)3-5-23-4-2-11-6-12(18)7-15(19)14(11)8-23/h6-7,9H,2-5,8H2,1H3,(H,20,21,22). The Labute approximate surface area is 154 Å². The number of aryl methyl sites for hydroxylation is 1. The van der Waals surface area contributed by atoms with Gasteiger partial charge in [-0.2, -0.15) is 4.52 Å². The fourth-order valence-corrected chi connectivity index (χ4v) is 3.98. The van der Waals surface area contributed by atoms with Crippen molar-refractivity contribution in [3.63, 3.8) is 0 Å². The lowest BCUT2D eigenvalue weighted by Crippen LogP contribution is -2.34. The molecule has 0 atom stereocenters. The molecular formula is C17H17Cl2N5O. The summed E-state index contributed by atoms with van der Waals surface area (Å²) in [4.78, 5) is 23.3. The second-order valence-electron chi connectivity index (χ2n) is 6.31. The van der Waals surface area contributed by atoms with E-state index in [-0.39, 0.29) is 5.56 Å². The minimum absolute atomic E-state index is 0.0813. The number of rotatable bonds is 3. The first-order valence-electron chi connectivity index (χ1n) is 8.13. The van der Waals surface area contributed by atoms with Crippen LogP contribution in [0.25, 0.3) is 5.78 Å². The summed E-state index contributed by atoms with van der Waals surface area (Å²) in [6, 6.07) is 3.78. The SMILES string of the molecule is Cc1nc2nc[nH]n2c(=O)c1CCN1CCc2cc(Cl)cc(Cl)c2C1. The highest BCUT2D eigenvalue weighted by Gasteiger charge is 2.20. The van der Waals surface area contributed by atoms with Crippen molar-refractivity contribution in [3.8, 4) is 0 Å². The molecule has 3 aromatic rings. The fraction of sp³-hybridized carbons (Fsp3) is 0.353. The Morgan fingerprint density at radius 1 is 1.32 bits per heavy atom. The van der Waals surface area contributed by atoms with Gasteiger partial charge in [-0.1, -0.05) is 23.2 Å². The quantitative estimate of drug-likeness (QED) is 0.761. The second kappa shape index (κ2) is 6.44. The number of aromatic nitrogens is 4. The molecule has 0 saturated carbocycles. The molecule has 0 radical (unpaired) electrons. The van der Waals surface area contributed by atoms with Crippen molar-refractivity contribution in [3.05, 3.63) is 61.2 Å². The second-order valence-corrected chi connectivity index (χ2v) is 7.15. The van der Waals surface area contributed by atoms with Crippen LogP contribution in [0, 0.1) is 6.92 Å². The van der Waals surface area contributed by atoms with E-state index in [9.17, 15) is 4.79 Å². The molecule has 0 spiro atoms. The first-order chi connectivity index (χ1) is 12.0. The molecule has 0 saturated heterocycles. The van der Waals surface area contributed by atoms with Crippen molar-refractivity contribution in [1.29, 1.82) is 0 Å². The predicted molar refractivity (Wildman–Crippen MR) is 97.5 cm³/mol. The number of fused-ring (bicyclic) bond motifs is 2. The lowest BCUT2D eigenvalue weighted by Gasteiger charge is -2.29. The van der Waals surface area contributed by atoms with Gasteiger partial charge in [0.1, 0.15) is 6.33 Å². The lowest BCUT2D eigenvalue weighted by molar-refractivity contribution is 0.257. The summed E-state index contributed by atoms with van der Waals surface area (Å²) >= 11 is 12.4. The van der Waals surface area contributed by atoms with E-state index in [2.05, 4.69) is 20.0 Å². The molecule has 4 rings (SSSR count). The average Bonchev–Trinajstić information content (AvgIpc) is 3.03. The number of benzene rings is 1. The van der Waals surface area contributed by atoms with E-state index in [1.165, 1.54) is 16.4 Å². The van der Waals surface area contributed by atoms with E-state index >= 15 is 0 Å². The summed E-state index contributed by atoms with van der Waals surface area (Å²) < 4.78 is 1.38. The van der Waals surface area contributed by atoms with Gasteiger partial charge in [-0.3, -0.25) is 14.8 Å². The van der Waals surface area contributed by atoms with Gasteiger partial charge >= 0.3 is 0 Å². The van der Waals surface area contributed by atoms with Gasteiger partial charge in [-0.25, -0.2) is 9.97 Å². The van der Waals surface area contributed by atoms with Crippen LogP contribution in [0.2, 0.25) is 10.0 Å². The topological polar surface area (TPSA) is 66.3 Å². The Balaban J connectivity index is 1.54. The van der Waals surface area contributed by atoms with Crippen molar-refractivity contribution in [2.75, 3.05) is 13.1 Å². The number of nitrogens with one attached hydrogen (secondary N) is 1. The van der Waals surface area contributed by atoms with Crippen molar-refractivity contribution < 1.29 is 0 Å². The molecular weight excluding hydrogens is 361 g/mol. The predicted octanol–water partition coefficient (Wildman–Crippen LogP) is 2.63. The number of hydrogen-bond acceptors (Lipinski definition) is 4. The van der Waals surface area contributed by atoms with E-state index in [1.54, 1.807) is 6.07 Å². The maximum Gasteiger partial charge on any atom is 0.277 e. The first-order valence-corrected chi connectivity index (χ1v) is 8.89. The molecule has 8 heteroatoms. The van der Waals surface area contributed by atoms with Crippen LogP contribution >= 0.6 is 23.2 Å². The molecule has 1 aliphatic rings. The molecule has 25 heavy (non-hydrogen) atoms. The maximum atomic E-state index is 12.6. The smallest absolute Gasteiger partial charge is 0.277 e. The highest BCUT2D eigenvalue weighted by atomic mass is 35.5. The highest BCUT2D eigenvalue weighted by molar-refractivity contribution is 6.35. The number of halogens is 2. The zero-order valence-electron chi connectivity index (χ0n) is 13.7.